The maximum Gasteiger partial charge on any atom is 0.290 e. The smallest absolute Gasteiger partial charge is 0.290 e. The van der Waals surface area contributed by atoms with E-state index in [4.69, 9.17) is 16.0 Å². The Kier molecular flexibility index (Phi) is 7.59. The first-order valence-corrected chi connectivity index (χ1v) is 10.9. The van der Waals surface area contributed by atoms with Gasteiger partial charge in [-0.05, 0) is 61.4 Å². The molecule has 3 rings (SSSR count). The van der Waals surface area contributed by atoms with Gasteiger partial charge in [0.2, 0.25) is 0 Å². The number of anilines is 2. The predicted octanol–water partition coefficient (Wildman–Crippen LogP) is 5.69. The van der Waals surface area contributed by atoms with Gasteiger partial charge in [0.15, 0.2) is 5.76 Å². The van der Waals surface area contributed by atoms with Crippen molar-refractivity contribution in [3.8, 4) is 0 Å². The van der Waals surface area contributed by atoms with Crippen molar-refractivity contribution in [3.63, 3.8) is 0 Å². The number of carbonyl (C=O) groups is 2. The second kappa shape index (κ2) is 10.4. The maximum absolute atomic E-state index is 13.1. The lowest BCUT2D eigenvalue weighted by molar-refractivity contribution is 0.0639. The van der Waals surface area contributed by atoms with Gasteiger partial charge in [0, 0.05) is 38.1 Å². The van der Waals surface area contributed by atoms with Crippen molar-refractivity contribution in [1.29, 1.82) is 0 Å². The summed E-state index contributed by atoms with van der Waals surface area (Å²) in [6, 6.07) is 16.0. The van der Waals surface area contributed by atoms with Crippen LogP contribution in [0.5, 0.6) is 0 Å². The number of rotatable bonds is 8. The molecule has 0 radical (unpaired) electrons. The monoisotopic (exact) mass is 453 g/mol. The molecular formula is C25H28ClN3O3. The van der Waals surface area contributed by atoms with Crippen LogP contribution in [-0.2, 0) is 6.54 Å². The molecule has 0 spiro atoms. The zero-order valence-corrected chi connectivity index (χ0v) is 19.5. The first-order chi connectivity index (χ1) is 15.3. The van der Waals surface area contributed by atoms with Crippen molar-refractivity contribution in [2.45, 2.75) is 32.9 Å². The number of nitrogens with zero attached hydrogens (tertiary/aromatic N) is 2. The van der Waals surface area contributed by atoms with Gasteiger partial charge in [-0.15, -0.1) is 0 Å². The summed E-state index contributed by atoms with van der Waals surface area (Å²) in [6.07, 6.45) is 2.30. The quantitative estimate of drug-likeness (QED) is 0.475. The number of nitrogens with one attached hydrogen (secondary N) is 1. The van der Waals surface area contributed by atoms with E-state index in [1.165, 1.54) is 6.26 Å². The molecule has 1 atom stereocenters. The fourth-order valence-corrected chi connectivity index (χ4v) is 3.67. The van der Waals surface area contributed by atoms with Crippen molar-refractivity contribution in [3.05, 3.63) is 82.8 Å². The van der Waals surface area contributed by atoms with Gasteiger partial charge in [-0.2, -0.15) is 0 Å². The van der Waals surface area contributed by atoms with Crippen LogP contribution in [0.4, 0.5) is 11.4 Å². The summed E-state index contributed by atoms with van der Waals surface area (Å²) in [5.74, 6) is -0.149. The van der Waals surface area contributed by atoms with Gasteiger partial charge in [-0.25, -0.2) is 0 Å². The van der Waals surface area contributed by atoms with Crippen molar-refractivity contribution >= 4 is 34.8 Å². The third-order valence-corrected chi connectivity index (χ3v) is 5.72. The number of amides is 2. The van der Waals surface area contributed by atoms with Crippen molar-refractivity contribution in [2.75, 3.05) is 24.3 Å². The molecule has 2 amide bonds. The molecule has 1 aromatic heterocycles. The highest BCUT2D eigenvalue weighted by atomic mass is 35.5. The molecular weight excluding hydrogens is 426 g/mol. The second-order valence-corrected chi connectivity index (χ2v) is 8.25. The van der Waals surface area contributed by atoms with E-state index in [1.807, 2.05) is 51.0 Å². The van der Waals surface area contributed by atoms with E-state index >= 15 is 0 Å². The molecule has 32 heavy (non-hydrogen) atoms. The summed E-state index contributed by atoms with van der Waals surface area (Å²) < 4.78 is 5.35. The minimum absolute atomic E-state index is 0.00369. The molecule has 0 aliphatic heterocycles. The van der Waals surface area contributed by atoms with Crippen molar-refractivity contribution < 1.29 is 14.0 Å². The van der Waals surface area contributed by atoms with E-state index in [0.29, 0.717) is 28.6 Å². The van der Waals surface area contributed by atoms with Crippen LogP contribution in [0.3, 0.4) is 0 Å². The number of benzene rings is 2. The highest BCUT2D eigenvalue weighted by Crippen LogP contribution is 2.27. The molecule has 6 nitrogen and oxygen atoms in total. The minimum atomic E-state index is -0.287. The molecule has 0 bridgehead atoms. The minimum Gasteiger partial charge on any atom is -0.459 e. The first-order valence-electron chi connectivity index (χ1n) is 10.5. The van der Waals surface area contributed by atoms with Crippen LogP contribution in [0.2, 0.25) is 5.02 Å². The Labute approximate surface area is 193 Å². The van der Waals surface area contributed by atoms with Crippen molar-refractivity contribution in [2.24, 2.45) is 0 Å². The Morgan fingerprint density at radius 2 is 1.84 bits per heavy atom. The second-order valence-electron chi connectivity index (χ2n) is 7.84. The van der Waals surface area contributed by atoms with Crippen LogP contribution < -0.4 is 10.2 Å². The normalized spacial score (nSPS) is 11.7. The van der Waals surface area contributed by atoms with Gasteiger partial charge in [-0.3, -0.25) is 9.59 Å². The van der Waals surface area contributed by atoms with E-state index in [2.05, 4.69) is 5.32 Å². The molecule has 0 unspecified atom stereocenters. The highest BCUT2D eigenvalue weighted by molar-refractivity contribution is 6.34. The number of hydrogen-bond donors (Lipinski definition) is 1. The summed E-state index contributed by atoms with van der Waals surface area (Å²) in [4.78, 5) is 29.6. The van der Waals surface area contributed by atoms with Crippen LogP contribution in [0.25, 0.3) is 0 Å². The van der Waals surface area contributed by atoms with Gasteiger partial charge in [0.25, 0.3) is 11.8 Å². The lowest BCUT2D eigenvalue weighted by Crippen LogP contribution is -2.38. The molecule has 0 saturated heterocycles. The Morgan fingerprint density at radius 1 is 1.09 bits per heavy atom. The van der Waals surface area contributed by atoms with E-state index < -0.39 is 0 Å². The van der Waals surface area contributed by atoms with E-state index in [-0.39, 0.29) is 17.9 Å². The van der Waals surface area contributed by atoms with Gasteiger partial charge in [0.1, 0.15) is 0 Å². The number of furan rings is 1. The van der Waals surface area contributed by atoms with Crippen LogP contribution in [-0.4, -0.2) is 36.9 Å². The number of carbonyl (C=O) groups excluding carboxylic acids is 2. The van der Waals surface area contributed by atoms with Crippen LogP contribution in [0, 0.1) is 0 Å². The fourth-order valence-electron chi connectivity index (χ4n) is 3.44. The zero-order valence-electron chi connectivity index (χ0n) is 18.8. The average molecular weight is 454 g/mol. The van der Waals surface area contributed by atoms with Gasteiger partial charge in [0.05, 0.1) is 16.8 Å². The number of halogens is 1. The Bertz CT molecular complexity index is 1080. The molecule has 168 valence electrons. The lowest BCUT2D eigenvalue weighted by atomic mass is 10.1. The summed E-state index contributed by atoms with van der Waals surface area (Å²) in [6.45, 7) is 4.43. The number of hydrogen-bond acceptors (Lipinski definition) is 4. The summed E-state index contributed by atoms with van der Waals surface area (Å²) in [5, 5.41) is 3.31. The predicted molar refractivity (Wildman–Crippen MR) is 129 cm³/mol. The van der Waals surface area contributed by atoms with Gasteiger partial charge < -0.3 is 19.5 Å². The van der Waals surface area contributed by atoms with E-state index in [1.54, 1.807) is 41.3 Å². The fraction of sp³-hybridized carbons (Fsp3) is 0.280. The Balaban J connectivity index is 1.92. The third kappa shape index (κ3) is 5.32. The summed E-state index contributed by atoms with van der Waals surface area (Å²) in [5.41, 5.74) is 2.90. The van der Waals surface area contributed by atoms with Gasteiger partial charge in [-0.1, -0.05) is 30.7 Å². The molecule has 1 heterocycles. The largest absolute Gasteiger partial charge is 0.459 e. The highest BCUT2D eigenvalue weighted by Gasteiger charge is 2.24. The molecule has 0 fully saturated rings. The third-order valence-electron chi connectivity index (χ3n) is 5.39. The standard InChI is InChI=1S/C25H28ClN3O3/c1-5-17(2)29(25(31)23-11-8-14-32-23)16-18-15-19(12-13-22(18)28(3)4)27-24(30)20-9-6-7-10-21(20)26/h6-15,17H,5,16H2,1-4H3,(H,27,30)/t17-/m1/s1. The lowest BCUT2D eigenvalue weighted by Gasteiger charge is -2.30. The molecule has 2 aromatic carbocycles. The Hall–Kier alpha value is -3.25. The SMILES string of the molecule is CC[C@@H](C)N(Cc1cc(NC(=O)c2ccccc2Cl)ccc1N(C)C)C(=O)c1ccco1. The van der Waals surface area contributed by atoms with Crippen LogP contribution >= 0.6 is 11.6 Å². The average Bonchev–Trinajstić information content (AvgIpc) is 3.31. The summed E-state index contributed by atoms with van der Waals surface area (Å²) >= 11 is 6.17. The van der Waals surface area contributed by atoms with E-state index in [0.717, 1.165) is 17.7 Å². The van der Waals surface area contributed by atoms with Crippen LogP contribution in [0.1, 0.15) is 46.7 Å². The Morgan fingerprint density at radius 3 is 2.47 bits per heavy atom. The van der Waals surface area contributed by atoms with Crippen molar-refractivity contribution in [1.82, 2.24) is 4.90 Å². The van der Waals surface area contributed by atoms with E-state index in [9.17, 15) is 9.59 Å². The zero-order chi connectivity index (χ0) is 23.3. The molecule has 0 aliphatic rings. The van der Waals surface area contributed by atoms with Crippen LogP contribution in [0.15, 0.2) is 65.3 Å². The molecule has 1 N–H and O–H groups in total. The molecule has 0 saturated carbocycles. The molecule has 7 heteroatoms. The summed E-state index contributed by atoms with van der Waals surface area (Å²) in [7, 11) is 3.89. The molecule has 0 aliphatic carbocycles. The van der Waals surface area contributed by atoms with Gasteiger partial charge >= 0.3 is 0 Å². The first kappa shape index (κ1) is 23.4. The topological polar surface area (TPSA) is 65.8 Å². The maximum atomic E-state index is 13.1. The molecule has 3 aromatic rings.